The number of hydrogen-bond acceptors (Lipinski definition) is 3. The van der Waals surface area contributed by atoms with Gasteiger partial charge in [0.1, 0.15) is 0 Å². The molecule has 0 aromatic heterocycles. The van der Waals surface area contributed by atoms with Crippen LogP contribution < -0.4 is 0 Å². The molecule has 1 aromatic rings. The first-order valence-electron chi connectivity index (χ1n) is 4.91. The van der Waals surface area contributed by atoms with Gasteiger partial charge in [-0.3, -0.25) is 4.79 Å². The lowest BCUT2D eigenvalue weighted by atomic mass is 9.97. The summed E-state index contributed by atoms with van der Waals surface area (Å²) in [6.45, 7) is 0. The number of esters is 1. The van der Waals surface area contributed by atoms with Crippen LogP contribution in [-0.4, -0.2) is 25.1 Å². The molecule has 0 radical (unpaired) electrons. The van der Waals surface area contributed by atoms with E-state index in [0.29, 0.717) is 0 Å². The Morgan fingerprint density at radius 1 is 1.40 bits per heavy atom. The molecule has 0 fully saturated rings. The smallest absolute Gasteiger partial charge is 0.313 e. The molecule has 1 rings (SSSR count). The van der Waals surface area contributed by atoms with E-state index in [2.05, 4.69) is 0 Å². The largest absolute Gasteiger partial charge is 0.469 e. The fraction of sp³-hybridized carbons (Fsp3) is 0.417. The standard InChI is InChI=1S/C12H16O2S/c1-14-12(13)11(8-9-15-2)10-6-4-3-5-7-10/h3-7,11H,8-9H2,1-2H3. The maximum atomic E-state index is 11.6. The number of methoxy groups -OCH3 is 1. The summed E-state index contributed by atoms with van der Waals surface area (Å²) in [6.07, 6.45) is 2.87. The van der Waals surface area contributed by atoms with Crippen LogP contribution in [0.4, 0.5) is 0 Å². The quantitative estimate of drug-likeness (QED) is 0.719. The van der Waals surface area contributed by atoms with Crippen molar-refractivity contribution in [1.29, 1.82) is 0 Å². The molecule has 1 aromatic carbocycles. The van der Waals surface area contributed by atoms with Gasteiger partial charge in [-0.1, -0.05) is 30.3 Å². The lowest BCUT2D eigenvalue weighted by Gasteiger charge is -2.14. The average molecular weight is 224 g/mol. The summed E-state index contributed by atoms with van der Waals surface area (Å²) >= 11 is 1.74. The zero-order chi connectivity index (χ0) is 11.1. The highest BCUT2D eigenvalue weighted by atomic mass is 32.2. The Kier molecular flexibility index (Phi) is 5.26. The van der Waals surface area contributed by atoms with E-state index in [1.165, 1.54) is 7.11 Å². The van der Waals surface area contributed by atoms with E-state index in [-0.39, 0.29) is 11.9 Å². The van der Waals surface area contributed by atoms with Crippen LogP contribution in [0, 0.1) is 0 Å². The zero-order valence-electron chi connectivity index (χ0n) is 9.10. The van der Waals surface area contributed by atoms with Gasteiger partial charge in [0.2, 0.25) is 0 Å². The molecule has 1 atom stereocenters. The lowest BCUT2D eigenvalue weighted by Crippen LogP contribution is -2.15. The van der Waals surface area contributed by atoms with E-state index in [4.69, 9.17) is 4.74 Å². The molecule has 15 heavy (non-hydrogen) atoms. The molecule has 0 bridgehead atoms. The van der Waals surface area contributed by atoms with Gasteiger partial charge < -0.3 is 4.74 Å². The van der Waals surface area contributed by atoms with Gasteiger partial charge in [-0.2, -0.15) is 11.8 Å². The third-order valence-electron chi connectivity index (χ3n) is 2.30. The molecule has 3 heteroatoms. The Balaban J connectivity index is 2.76. The summed E-state index contributed by atoms with van der Waals surface area (Å²) in [4.78, 5) is 11.6. The molecule has 0 heterocycles. The second-order valence-electron chi connectivity index (χ2n) is 3.27. The summed E-state index contributed by atoms with van der Waals surface area (Å²) in [6, 6.07) is 9.80. The van der Waals surface area contributed by atoms with E-state index in [0.717, 1.165) is 17.7 Å². The molecule has 0 spiro atoms. The van der Waals surface area contributed by atoms with E-state index in [1.807, 2.05) is 36.6 Å². The van der Waals surface area contributed by atoms with Crippen molar-refractivity contribution in [2.24, 2.45) is 0 Å². The minimum absolute atomic E-state index is 0.122. The van der Waals surface area contributed by atoms with E-state index in [9.17, 15) is 4.79 Å². The lowest BCUT2D eigenvalue weighted by molar-refractivity contribution is -0.142. The van der Waals surface area contributed by atoms with E-state index >= 15 is 0 Å². The van der Waals surface area contributed by atoms with Gasteiger partial charge in [-0.15, -0.1) is 0 Å². The maximum absolute atomic E-state index is 11.6. The highest BCUT2D eigenvalue weighted by molar-refractivity contribution is 7.98. The third-order valence-corrected chi connectivity index (χ3v) is 2.94. The summed E-state index contributed by atoms with van der Waals surface area (Å²) in [5.41, 5.74) is 1.04. The Morgan fingerprint density at radius 2 is 2.07 bits per heavy atom. The molecule has 1 unspecified atom stereocenters. The summed E-state index contributed by atoms with van der Waals surface area (Å²) < 4.78 is 4.82. The first-order chi connectivity index (χ1) is 7.29. The Morgan fingerprint density at radius 3 is 2.60 bits per heavy atom. The normalized spacial score (nSPS) is 12.1. The van der Waals surface area contributed by atoms with Gasteiger partial charge in [-0.25, -0.2) is 0 Å². The van der Waals surface area contributed by atoms with Gasteiger partial charge >= 0.3 is 5.97 Å². The van der Waals surface area contributed by atoms with Crippen molar-refractivity contribution < 1.29 is 9.53 Å². The van der Waals surface area contributed by atoms with Crippen molar-refractivity contribution in [1.82, 2.24) is 0 Å². The molecule has 0 aliphatic carbocycles. The van der Waals surface area contributed by atoms with Crippen LogP contribution >= 0.6 is 11.8 Å². The van der Waals surface area contributed by atoms with Crippen molar-refractivity contribution in [3.05, 3.63) is 35.9 Å². The molecule has 0 aliphatic heterocycles. The fourth-order valence-electron chi connectivity index (χ4n) is 1.48. The monoisotopic (exact) mass is 224 g/mol. The van der Waals surface area contributed by atoms with Gasteiger partial charge in [-0.05, 0) is 24.0 Å². The molecule has 0 amide bonds. The first kappa shape index (κ1) is 12.1. The third kappa shape index (κ3) is 3.59. The molecule has 0 saturated carbocycles. The van der Waals surface area contributed by atoms with Crippen molar-refractivity contribution in [3.63, 3.8) is 0 Å². The summed E-state index contributed by atoms with van der Waals surface area (Å²) in [5, 5.41) is 0. The van der Waals surface area contributed by atoms with E-state index < -0.39 is 0 Å². The number of rotatable bonds is 5. The molecular weight excluding hydrogens is 208 g/mol. The topological polar surface area (TPSA) is 26.3 Å². The van der Waals surface area contributed by atoms with Crippen LogP contribution in [0.1, 0.15) is 17.9 Å². The Labute approximate surface area is 95.0 Å². The number of carbonyl (C=O) groups excluding carboxylic acids is 1. The predicted octanol–water partition coefficient (Wildman–Crippen LogP) is 2.70. The first-order valence-corrected chi connectivity index (χ1v) is 6.30. The van der Waals surface area contributed by atoms with E-state index in [1.54, 1.807) is 11.8 Å². The molecule has 0 N–H and O–H groups in total. The summed E-state index contributed by atoms with van der Waals surface area (Å²) in [5.74, 6) is 0.702. The average Bonchev–Trinajstić information content (AvgIpc) is 2.30. The molecule has 0 saturated heterocycles. The molecular formula is C12H16O2S. The Bertz CT molecular complexity index is 298. The highest BCUT2D eigenvalue weighted by Gasteiger charge is 2.20. The van der Waals surface area contributed by atoms with Gasteiger partial charge in [0.25, 0.3) is 0 Å². The number of ether oxygens (including phenoxy) is 1. The second-order valence-corrected chi connectivity index (χ2v) is 4.25. The minimum atomic E-state index is -0.143. The van der Waals surface area contributed by atoms with Crippen molar-refractivity contribution in [2.45, 2.75) is 12.3 Å². The van der Waals surface area contributed by atoms with Crippen molar-refractivity contribution >= 4 is 17.7 Å². The zero-order valence-corrected chi connectivity index (χ0v) is 9.92. The summed E-state index contributed by atoms with van der Waals surface area (Å²) in [7, 11) is 1.44. The van der Waals surface area contributed by atoms with Gasteiger partial charge in [0, 0.05) is 0 Å². The molecule has 0 aliphatic rings. The van der Waals surface area contributed by atoms with Crippen LogP contribution in [0.15, 0.2) is 30.3 Å². The number of thioether (sulfide) groups is 1. The second kappa shape index (κ2) is 6.51. The fourth-order valence-corrected chi connectivity index (χ4v) is 1.96. The van der Waals surface area contributed by atoms with Crippen molar-refractivity contribution in [2.75, 3.05) is 19.1 Å². The highest BCUT2D eigenvalue weighted by Crippen LogP contribution is 2.22. The number of hydrogen-bond donors (Lipinski definition) is 0. The van der Waals surface area contributed by atoms with Gasteiger partial charge in [0.05, 0.1) is 13.0 Å². The Hall–Kier alpha value is -0.960. The molecule has 82 valence electrons. The predicted molar refractivity (Wildman–Crippen MR) is 64.2 cm³/mol. The van der Waals surface area contributed by atoms with Crippen molar-refractivity contribution in [3.8, 4) is 0 Å². The van der Waals surface area contributed by atoms with Crippen LogP contribution in [0.3, 0.4) is 0 Å². The van der Waals surface area contributed by atoms with Crippen LogP contribution in [-0.2, 0) is 9.53 Å². The maximum Gasteiger partial charge on any atom is 0.313 e. The molecule has 2 nitrogen and oxygen atoms in total. The van der Waals surface area contributed by atoms with Crippen LogP contribution in [0.25, 0.3) is 0 Å². The SMILES string of the molecule is COC(=O)C(CCSC)c1ccccc1. The minimum Gasteiger partial charge on any atom is -0.469 e. The van der Waals surface area contributed by atoms with Crippen LogP contribution in [0.2, 0.25) is 0 Å². The number of carbonyl (C=O) groups is 1. The van der Waals surface area contributed by atoms with Gasteiger partial charge in [0.15, 0.2) is 0 Å². The van der Waals surface area contributed by atoms with Crippen LogP contribution in [0.5, 0.6) is 0 Å². The number of benzene rings is 1.